The van der Waals surface area contributed by atoms with E-state index in [0.29, 0.717) is 31.5 Å². The number of nitrogens with zero attached hydrogens (tertiary/aromatic N) is 1. The van der Waals surface area contributed by atoms with Gasteiger partial charge in [-0.1, -0.05) is 19.1 Å². The number of rotatable bonds is 6. The SMILES string of the molecule is CCSc1ccccc1C(=O)N1CCC(S(=O)(=O)CC(=O)NC)CC1. The summed E-state index contributed by atoms with van der Waals surface area (Å²) in [4.78, 5) is 26.8. The molecule has 0 radical (unpaired) electrons. The summed E-state index contributed by atoms with van der Waals surface area (Å²) in [6.45, 7) is 2.82. The van der Waals surface area contributed by atoms with Crippen molar-refractivity contribution in [3.63, 3.8) is 0 Å². The summed E-state index contributed by atoms with van der Waals surface area (Å²) in [5, 5.41) is 1.78. The molecular formula is C17H24N2O4S2. The van der Waals surface area contributed by atoms with Crippen molar-refractivity contribution in [2.45, 2.75) is 29.9 Å². The molecule has 0 saturated carbocycles. The maximum atomic E-state index is 12.8. The molecule has 138 valence electrons. The van der Waals surface area contributed by atoms with E-state index in [2.05, 4.69) is 5.32 Å². The van der Waals surface area contributed by atoms with E-state index in [1.54, 1.807) is 16.7 Å². The van der Waals surface area contributed by atoms with E-state index >= 15 is 0 Å². The molecular weight excluding hydrogens is 360 g/mol. The van der Waals surface area contributed by atoms with Crippen LogP contribution in [0.2, 0.25) is 0 Å². The predicted molar refractivity (Wildman–Crippen MR) is 99.6 cm³/mol. The minimum atomic E-state index is -3.48. The summed E-state index contributed by atoms with van der Waals surface area (Å²) in [5.41, 5.74) is 0.668. The lowest BCUT2D eigenvalue weighted by molar-refractivity contribution is -0.118. The van der Waals surface area contributed by atoms with E-state index < -0.39 is 26.7 Å². The van der Waals surface area contributed by atoms with Gasteiger partial charge in [0.15, 0.2) is 9.84 Å². The molecule has 8 heteroatoms. The molecule has 1 aliphatic rings. The Bertz CT molecular complexity index is 726. The molecule has 1 fully saturated rings. The average Bonchev–Trinajstić information content (AvgIpc) is 2.61. The Morgan fingerprint density at radius 2 is 1.88 bits per heavy atom. The molecule has 1 saturated heterocycles. The van der Waals surface area contributed by atoms with Gasteiger partial charge in [0.25, 0.3) is 5.91 Å². The van der Waals surface area contributed by atoms with Crippen molar-refractivity contribution in [1.29, 1.82) is 0 Å². The third-order valence-corrected chi connectivity index (χ3v) is 7.37. The maximum Gasteiger partial charge on any atom is 0.254 e. The van der Waals surface area contributed by atoms with Gasteiger partial charge in [-0.05, 0) is 30.7 Å². The lowest BCUT2D eigenvalue weighted by atomic mass is 10.1. The highest BCUT2D eigenvalue weighted by Crippen LogP contribution is 2.26. The van der Waals surface area contributed by atoms with Crippen LogP contribution in [-0.2, 0) is 14.6 Å². The molecule has 1 aromatic rings. The highest BCUT2D eigenvalue weighted by atomic mass is 32.2. The fourth-order valence-corrected chi connectivity index (χ4v) is 5.36. The summed E-state index contributed by atoms with van der Waals surface area (Å²) < 4.78 is 24.5. The number of carbonyl (C=O) groups excluding carboxylic acids is 2. The van der Waals surface area contributed by atoms with Crippen molar-refractivity contribution >= 4 is 33.4 Å². The van der Waals surface area contributed by atoms with Crippen molar-refractivity contribution < 1.29 is 18.0 Å². The molecule has 1 aromatic carbocycles. The number of carbonyl (C=O) groups is 2. The largest absolute Gasteiger partial charge is 0.358 e. The molecule has 0 spiro atoms. The van der Waals surface area contributed by atoms with E-state index in [4.69, 9.17) is 0 Å². The van der Waals surface area contributed by atoms with Gasteiger partial charge in [0.1, 0.15) is 5.75 Å². The van der Waals surface area contributed by atoms with Crippen LogP contribution in [-0.4, -0.2) is 62.0 Å². The number of thioether (sulfide) groups is 1. The number of hydrogen-bond acceptors (Lipinski definition) is 5. The van der Waals surface area contributed by atoms with Gasteiger partial charge in [-0.15, -0.1) is 11.8 Å². The molecule has 2 rings (SSSR count). The quantitative estimate of drug-likeness (QED) is 0.753. The van der Waals surface area contributed by atoms with Crippen LogP contribution in [0.25, 0.3) is 0 Å². The van der Waals surface area contributed by atoms with Crippen molar-refractivity contribution in [2.24, 2.45) is 0 Å². The lowest BCUT2D eigenvalue weighted by Crippen LogP contribution is -2.44. The van der Waals surface area contributed by atoms with Gasteiger partial charge in [0, 0.05) is 25.0 Å². The number of hydrogen-bond donors (Lipinski definition) is 1. The first kappa shape index (κ1) is 19.8. The second-order valence-electron chi connectivity index (χ2n) is 5.90. The second-order valence-corrected chi connectivity index (χ2v) is 9.49. The number of amides is 2. The summed E-state index contributed by atoms with van der Waals surface area (Å²) in [5.74, 6) is -0.162. The van der Waals surface area contributed by atoms with E-state index in [0.717, 1.165) is 10.6 Å². The number of nitrogens with one attached hydrogen (secondary N) is 1. The van der Waals surface area contributed by atoms with E-state index in [1.807, 2.05) is 31.2 Å². The Morgan fingerprint density at radius 1 is 1.24 bits per heavy atom. The first-order chi connectivity index (χ1) is 11.9. The fourth-order valence-electron chi connectivity index (χ4n) is 2.89. The molecule has 0 unspecified atom stereocenters. The molecule has 0 aliphatic carbocycles. The van der Waals surface area contributed by atoms with E-state index in [-0.39, 0.29) is 5.91 Å². The molecule has 1 aliphatic heterocycles. The highest BCUT2D eigenvalue weighted by Gasteiger charge is 2.33. The Balaban J connectivity index is 2.03. The molecule has 6 nitrogen and oxygen atoms in total. The van der Waals surface area contributed by atoms with E-state index in [1.165, 1.54) is 7.05 Å². The van der Waals surface area contributed by atoms with Gasteiger partial charge in [-0.25, -0.2) is 8.42 Å². The zero-order valence-electron chi connectivity index (χ0n) is 14.5. The van der Waals surface area contributed by atoms with Crippen LogP contribution in [0.1, 0.15) is 30.1 Å². The minimum Gasteiger partial charge on any atom is -0.358 e. The second kappa shape index (κ2) is 8.71. The third-order valence-electron chi connectivity index (χ3n) is 4.27. The van der Waals surface area contributed by atoms with Crippen molar-refractivity contribution in [3.8, 4) is 0 Å². The predicted octanol–water partition coefficient (Wildman–Crippen LogP) is 1.56. The molecule has 0 atom stereocenters. The molecule has 1 N–H and O–H groups in total. The first-order valence-corrected chi connectivity index (χ1v) is 11.0. The van der Waals surface area contributed by atoms with Gasteiger partial charge in [0.2, 0.25) is 5.91 Å². The highest BCUT2D eigenvalue weighted by molar-refractivity contribution is 7.99. The van der Waals surface area contributed by atoms with Crippen LogP contribution in [0.15, 0.2) is 29.2 Å². The average molecular weight is 385 g/mol. The van der Waals surface area contributed by atoms with Crippen LogP contribution in [0.3, 0.4) is 0 Å². The van der Waals surface area contributed by atoms with Crippen LogP contribution in [0.5, 0.6) is 0 Å². The standard InChI is InChI=1S/C17H24N2O4S2/c1-3-24-15-7-5-4-6-14(15)17(21)19-10-8-13(9-11-19)25(22,23)12-16(20)18-2/h4-7,13H,3,8-12H2,1-2H3,(H,18,20). The van der Waals surface area contributed by atoms with Gasteiger partial charge in [0.05, 0.1) is 10.8 Å². The Kier molecular flexibility index (Phi) is 6.89. The summed E-state index contributed by atoms with van der Waals surface area (Å²) >= 11 is 1.62. The number of piperidine rings is 1. The molecule has 1 heterocycles. The smallest absolute Gasteiger partial charge is 0.254 e. The van der Waals surface area contributed by atoms with Crippen molar-refractivity contribution in [1.82, 2.24) is 10.2 Å². The van der Waals surface area contributed by atoms with Gasteiger partial charge in [-0.2, -0.15) is 0 Å². The molecule has 0 aromatic heterocycles. The summed E-state index contributed by atoms with van der Waals surface area (Å²) in [7, 11) is -2.06. The number of sulfone groups is 1. The normalized spacial score (nSPS) is 15.8. The fraction of sp³-hybridized carbons (Fsp3) is 0.529. The number of benzene rings is 1. The summed E-state index contributed by atoms with van der Waals surface area (Å²) in [6, 6.07) is 7.50. The van der Waals surface area contributed by atoms with Crippen LogP contribution in [0, 0.1) is 0 Å². The minimum absolute atomic E-state index is 0.0568. The Hall–Kier alpha value is -1.54. The molecule has 2 amide bonds. The Labute approximate surface area is 153 Å². The van der Waals surface area contributed by atoms with Gasteiger partial charge < -0.3 is 10.2 Å². The maximum absolute atomic E-state index is 12.8. The van der Waals surface area contributed by atoms with Gasteiger partial charge in [-0.3, -0.25) is 9.59 Å². The number of likely N-dealkylation sites (tertiary alicyclic amines) is 1. The lowest BCUT2D eigenvalue weighted by Gasteiger charge is -2.32. The third kappa shape index (κ3) is 4.98. The Morgan fingerprint density at radius 3 is 2.48 bits per heavy atom. The monoisotopic (exact) mass is 384 g/mol. The summed E-state index contributed by atoms with van der Waals surface area (Å²) in [6.07, 6.45) is 0.738. The van der Waals surface area contributed by atoms with E-state index in [9.17, 15) is 18.0 Å². The topological polar surface area (TPSA) is 83.6 Å². The first-order valence-electron chi connectivity index (χ1n) is 8.32. The molecule has 0 bridgehead atoms. The van der Waals surface area contributed by atoms with Crippen molar-refractivity contribution in [3.05, 3.63) is 29.8 Å². The van der Waals surface area contributed by atoms with Crippen LogP contribution < -0.4 is 5.32 Å². The van der Waals surface area contributed by atoms with Crippen LogP contribution >= 0.6 is 11.8 Å². The molecule has 25 heavy (non-hydrogen) atoms. The zero-order valence-corrected chi connectivity index (χ0v) is 16.2. The van der Waals surface area contributed by atoms with Gasteiger partial charge >= 0.3 is 0 Å². The van der Waals surface area contributed by atoms with Crippen LogP contribution in [0.4, 0.5) is 0 Å². The van der Waals surface area contributed by atoms with Crippen molar-refractivity contribution in [2.75, 3.05) is 31.6 Å². The zero-order chi connectivity index (χ0) is 18.4.